The lowest BCUT2D eigenvalue weighted by molar-refractivity contribution is 0.0499. The van der Waals surface area contributed by atoms with E-state index in [0.717, 1.165) is 37.9 Å². The predicted molar refractivity (Wildman–Crippen MR) is 81.3 cm³/mol. The Labute approximate surface area is 126 Å². The molecule has 1 aromatic rings. The average molecular weight is 291 g/mol. The van der Waals surface area contributed by atoms with Gasteiger partial charge in [-0.25, -0.2) is 4.79 Å². The van der Waals surface area contributed by atoms with Crippen molar-refractivity contribution in [2.45, 2.75) is 45.4 Å². The molecule has 0 N–H and O–H groups in total. The van der Waals surface area contributed by atoms with Crippen LogP contribution in [-0.2, 0) is 9.53 Å². The van der Waals surface area contributed by atoms with Gasteiger partial charge in [-0.3, -0.25) is 4.79 Å². The average Bonchev–Trinajstić information content (AvgIpc) is 2.51. The van der Waals surface area contributed by atoms with Crippen LogP contribution in [0.1, 0.15) is 55.8 Å². The highest BCUT2D eigenvalue weighted by Gasteiger charge is 2.06. The predicted octanol–water partition coefficient (Wildman–Crippen LogP) is 3.69. The van der Waals surface area contributed by atoms with Crippen molar-refractivity contribution in [3.63, 3.8) is 0 Å². The van der Waals surface area contributed by atoms with Crippen LogP contribution in [0.15, 0.2) is 24.3 Å². The Kier molecular flexibility index (Phi) is 8.93. The van der Waals surface area contributed by atoms with Crippen LogP contribution in [0.3, 0.4) is 0 Å². The smallest absolute Gasteiger partial charge is 0.338 e. The standard InChI is InChI=1S/C17H23O4/c1-2-3-13-21-17(19)15-8-10-16(11-9-15)20-14-7-5-4-6-12-18/h8-11H,2-7,13-14H2,1H3. The first-order valence-corrected chi connectivity index (χ1v) is 7.53. The molecule has 0 saturated heterocycles. The molecule has 0 aliphatic carbocycles. The maximum absolute atomic E-state index is 11.7. The molecule has 0 aliphatic heterocycles. The van der Waals surface area contributed by atoms with Gasteiger partial charge >= 0.3 is 5.97 Å². The molecule has 0 fully saturated rings. The second kappa shape index (κ2) is 10.9. The molecule has 0 atom stereocenters. The minimum atomic E-state index is -0.292. The van der Waals surface area contributed by atoms with Gasteiger partial charge in [-0.05, 0) is 49.9 Å². The normalized spacial score (nSPS) is 10.1. The van der Waals surface area contributed by atoms with Crippen LogP contribution in [-0.4, -0.2) is 25.5 Å². The lowest BCUT2D eigenvalue weighted by atomic mass is 10.2. The van der Waals surface area contributed by atoms with Crippen LogP contribution in [0.5, 0.6) is 5.75 Å². The number of unbranched alkanes of at least 4 members (excludes halogenated alkanes) is 4. The van der Waals surface area contributed by atoms with Gasteiger partial charge in [0, 0.05) is 6.42 Å². The summed E-state index contributed by atoms with van der Waals surface area (Å²) in [6.07, 6.45) is 6.98. The van der Waals surface area contributed by atoms with Gasteiger partial charge in [-0.1, -0.05) is 13.3 Å². The molecule has 4 heteroatoms. The summed E-state index contributed by atoms with van der Waals surface area (Å²) in [4.78, 5) is 21.7. The fourth-order valence-corrected chi connectivity index (χ4v) is 1.75. The molecular weight excluding hydrogens is 268 g/mol. The summed E-state index contributed by atoms with van der Waals surface area (Å²) >= 11 is 0. The Morgan fingerprint density at radius 1 is 1.05 bits per heavy atom. The van der Waals surface area contributed by atoms with E-state index in [-0.39, 0.29) is 5.97 Å². The summed E-state index contributed by atoms with van der Waals surface area (Å²) in [5, 5.41) is 0. The topological polar surface area (TPSA) is 52.6 Å². The van der Waals surface area contributed by atoms with Crippen molar-refractivity contribution >= 4 is 12.3 Å². The Hall–Kier alpha value is -1.84. The molecule has 0 saturated carbocycles. The summed E-state index contributed by atoms with van der Waals surface area (Å²) in [5.41, 5.74) is 0.542. The molecule has 0 amide bonds. The van der Waals surface area contributed by atoms with E-state index in [4.69, 9.17) is 9.47 Å². The van der Waals surface area contributed by atoms with Crippen molar-refractivity contribution in [1.82, 2.24) is 0 Å². The van der Waals surface area contributed by atoms with Crippen LogP contribution in [0.2, 0.25) is 0 Å². The molecule has 0 aromatic heterocycles. The van der Waals surface area contributed by atoms with Crippen molar-refractivity contribution in [2.24, 2.45) is 0 Å². The van der Waals surface area contributed by atoms with Gasteiger partial charge in [0.15, 0.2) is 6.29 Å². The molecule has 1 radical (unpaired) electrons. The molecule has 0 heterocycles. The zero-order chi connectivity index (χ0) is 15.3. The number of hydrogen-bond donors (Lipinski definition) is 0. The van der Waals surface area contributed by atoms with Gasteiger partial charge < -0.3 is 9.47 Å². The van der Waals surface area contributed by atoms with E-state index < -0.39 is 0 Å². The summed E-state index contributed by atoms with van der Waals surface area (Å²) in [7, 11) is 0. The number of hydrogen-bond acceptors (Lipinski definition) is 4. The number of carbonyl (C=O) groups is 1. The van der Waals surface area contributed by atoms with Crippen molar-refractivity contribution in [1.29, 1.82) is 0 Å². The van der Waals surface area contributed by atoms with Crippen LogP contribution >= 0.6 is 0 Å². The first-order valence-electron chi connectivity index (χ1n) is 7.53. The maximum Gasteiger partial charge on any atom is 0.338 e. The van der Waals surface area contributed by atoms with E-state index in [1.54, 1.807) is 24.3 Å². The molecule has 1 rings (SSSR count). The molecule has 0 bridgehead atoms. The van der Waals surface area contributed by atoms with Gasteiger partial charge in [0.2, 0.25) is 0 Å². The Morgan fingerprint density at radius 3 is 2.48 bits per heavy atom. The van der Waals surface area contributed by atoms with E-state index >= 15 is 0 Å². The van der Waals surface area contributed by atoms with Crippen molar-refractivity contribution in [3.05, 3.63) is 29.8 Å². The number of ether oxygens (including phenoxy) is 2. The van der Waals surface area contributed by atoms with Crippen molar-refractivity contribution in [3.8, 4) is 5.75 Å². The Bertz CT molecular complexity index is 411. The highest BCUT2D eigenvalue weighted by Crippen LogP contribution is 2.14. The number of benzene rings is 1. The second-order valence-electron chi connectivity index (χ2n) is 4.82. The molecule has 4 nitrogen and oxygen atoms in total. The van der Waals surface area contributed by atoms with E-state index in [0.29, 0.717) is 25.2 Å². The summed E-state index contributed by atoms with van der Waals surface area (Å²) in [6.45, 7) is 3.13. The Morgan fingerprint density at radius 2 is 1.81 bits per heavy atom. The minimum Gasteiger partial charge on any atom is -0.494 e. The van der Waals surface area contributed by atoms with Crippen LogP contribution in [0, 0.1) is 0 Å². The summed E-state index contributed by atoms with van der Waals surface area (Å²) < 4.78 is 10.7. The molecule has 21 heavy (non-hydrogen) atoms. The van der Waals surface area contributed by atoms with Crippen LogP contribution in [0.4, 0.5) is 0 Å². The lowest BCUT2D eigenvalue weighted by Crippen LogP contribution is -2.06. The first kappa shape index (κ1) is 17.2. The quantitative estimate of drug-likeness (QED) is 0.461. The molecule has 1 aromatic carbocycles. The number of rotatable bonds is 11. The van der Waals surface area contributed by atoms with Gasteiger partial charge in [0.25, 0.3) is 0 Å². The fourth-order valence-electron chi connectivity index (χ4n) is 1.75. The summed E-state index contributed by atoms with van der Waals surface area (Å²) in [5.74, 6) is 0.446. The van der Waals surface area contributed by atoms with Crippen molar-refractivity contribution < 1.29 is 19.1 Å². The van der Waals surface area contributed by atoms with E-state index in [1.165, 1.54) is 0 Å². The van der Waals surface area contributed by atoms with Crippen LogP contribution < -0.4 is 4.74 Å². The fraction of sp³-hybridized carbons (Fsp3) is 0.529. The molecule has 115 valence electrons. The number of esters is 1. The minimum absolute atomic E-state index is 0.292. The first-order chi connectivity index (χ1) is 10.3. The third-order valence-corrected chi connectivity index (χ3v) is 3.01. The molecular formula is C17H23O4. The summed E-state index contributed by atoms with van der Waals surface area (Å²) in [6, 6.07) is 6.97. The van der Waals surface area contributed by atoms with Gasteiger partial charge in [-0.15, -0.1) is 0 Å². The highest BCUT2D eigenvalue weighted by molar-refractivity contribution is 5.89. The number of carbonyl (C=O) groups excluding carboxylic acids is 2. The third-order valence-electron chi connectivity index (χ3n) is 3.01. The van der Waals surface area contributed by atoms with E-state index in [1.807, 2.05) is 6.29 Å². The van der Waals surface area contributed by atoms with E-state index in [9.17, 15) is 9.59 Å². The zero-order valence-electron chi connectivity index (χ0n) is 12.6. The largest absolute Gasteiger partial charge is 0.494 e. The molecule has 0 spiro atoms. The SMILES string of the molecule is CCCCOC(=O)c1ccc(OCCCCC[C]=O)cc1. The van der Waals surface area contributed by atoms with Gasteiger partial charge in [0.1, 0.15) is 5.75 Å². The zero-order valence-corrected chi connectivity index (χ0v) is 12.6. The van der Waals surface area contributed by atoms with Crippen molar-refractivity contribution in [2.75, 3.05) is 13.2 Å². The second-order valence-corrected chi connectivity index (χ2v) is 4.82. The lowest BCUT2D eigenvalue weighted by Gasteiger charge is -2.07. The highest BCUT2D eigenvalue weighted by atomic mass is 16.5. The maximum atomic E-state index is 11.7. The third kappa shape index (κ3) is 7.49. The van der Waals surface area contributed by atoms with Crippen LogP contribution in [0.25, 0.3) is 0 Å². The monoisotopic (exact) mass is 291 g/mol. The van der Waals surface area contributed by atoms with Gasteiger partial charge in [0.05, 0.1) is 18.8 Å². The Balaban J connectivity index is 2.26. The van der Waals surface area contributed by atoms with Gasteiger partial charge in [-0.2, -0.15) is 0 Å². The molecule has 0 unspecified atom stereocenters. The molecule has 0 aliphatic rings. The van der Waals surface area contributed by atoms with E-state index in [2.05, 4.69) is 6.92 Å².